The Morgan fingerprint density at radius 2 is 1.70 bits per heavy atom. The monoisotopic (exact) mass is 397 g/mol. The molecule has 0 aromatic heterocycles. The first-order chi connectivity index (χ1) is 14.7. The highest BCUT2D eigenvalue weighted by Gasteiger charge is 2.38. The Kier molecular flexibility index (Phi) is 4.83. The van der Waals surface area contributed by atoms with Gasteiger partial charge in [0.15, 0.2) is 0 Å². The Morgan fingerprint density at radius 1 is 0.867 bits per heavy atom. The number of carbonyl (C=O) groups excluding carboxylic acids is 2. The molecule has 0 spiro atoms. The van der Waals surface area contributed by atoms with Gasteiger partial charge < -0.3 is 10.1 Å². The molecule has 150 valence electrons. The number of nitrogens with one attached hydrogen (secondary N) is 1. The minimum atomic E-state index is -0.152. The van der Waals surface area contributed by atoms with E-state index in [2.05, 4.69) is 23.5 Å². The zero-order chi connectivity index (χ0) is 20.5. The molecule has 3 aromatic carbocycles. The molecule has 1 N–H and O–H groups in total. The van der Waals surface area contributed by atoms with E-state index >= 15 is 0 Å². The van der Waals surface area contributed by atoms with Crippen LogP contribution in [-0.4, -0.2) is 11.9 Å². The van der Waals surface area contributed by atoms with Gasteiger partial charge in [0.05, 0.1) is 5.92 Å². The van der Waals surface area contributed by atoms with E-state index in [0.717, 1.165) is 41.6 Å². The molecule has 30 heavy (non-hydrogen) atoms. The summed E-state index contributed by atoms with van der Waals surface area (Å²) in [5.74, 6) is 0.651. The van der Waals surface area contributed by atoms with Gasteiger partial charge in [0.1, 0.15) is 5.75 Å². The van der Waals surface area contributed by atoms with Gasteiger partial charge in [-0.05, 0) is 71.7 Å². The summed E-state index contributed by atoms with van der Waals surface area (Å²) in [6, 6.07) is 23.9. The summed E-state index contributed by atoms with van der Waals surface area (Å²) >= 11 is 0. The summed E-state index contributed by atoms with van der Waals surface area (Å²) in [6.45, 7) is 0. The van der Waals surface area contributed by atoms with Crippen molar-refractivity contribution in [2.24, 2.45) is 5.92 Å². The van der Waals surface area contributed by atoms with E-state index in [-0.39, 0.29) is 23.7 Å². The minimum absolute atomic E-state index is 0.0639. The molecular formula is C26H23NO3. The van der Waals surface area contributed by atoms with Crippen molar-refractivity contribution >= 4 is 17.6 Å². The molecule has 2 aliphatic rings. The molecular weight excluding hydrogens is 374 g/mol. The Balaban J connectivity index is 1.32. The van der Waals surface area contributed by atoms with Crippen molar-refractivity contribution < 1.29 is 14.3 Å². The van der Waals surface area contributed by atoms with Gasteiger partial charge in [-0.2, -0.15) is 0 Å². The van der Waals surface area contributed by atoms with Crippen LogP contribution < -0.4 is 10.1 Å². The molecule has 1 saturated carbocycles. The predicted octanol–water partition coefficient (Wildman–Crippen LogP) is 5.34. The van der Waals surface area contributed by atoms with Crippen LogP contribution in [0.25, 0.3) is 11.1 Å². The van der Waals surface area contributed by atoms with Crippen LogP contribution in [0.4, 0.5) is 5.69 Å². The van der Waals surface area contributed by atoms with Crippen molar-refractivity contribution in [1.29, 1.82) is 0 Å². The highest BCUT2D eigenvalue weighted by Crippen LogP contribution is 2.43. The number of rotatable bonds is 4. The van der Waals surface area contributed by atoms with E-state index < -0.39 is 0 Å². The Labute approximate surface area is 175 Å². The van der Waals surface area contributed by atoms with E-state index in [1.54, 1.807) is 0 Å². The number of hydrogen-bond acceptors (Lipinski definition) is 3. The molecule has 5 rings (SSSR count). The number of ether oxygens (including phenoxy) is 1. The first-order valence-corrected chi connectivity index (χ1v) is 10.5. The second-order valence-electron chi connectivity index (χ2n) is 8.07. The highest BCUT2D eigenvalue weighted by atomic mass is 16.5. The fourth-order valence-electron chi connectivity index (χ4n) is 4.38. The van der Waals surface area contributed by atoms with Gasteiger partial charge in [-0.3, -0.25) is 9.59 Å². The Bertz CT molecular complexity index is 1110. The third-order valence-corrected chi connectivity index (χ3v) is 6.19. The van der Waals surface area contributed by atoms with Crippen molar-refractivity contribution in [3.05, 3.63) is 83.9 Å². The zero-order valence-electron chi connectivity index (χ0n) is 16.6. The fourth-order valence-corrected chi connectivity index (χ4v) is 4.38. The predicted molar refractivity (Wildman–Crippen MR) is 116 cm³/mol. The van der Waals surface area contributed by atoms with Crippen LogP contribution in [0.15, 0.2) is 72.8 Å². The third kappa shape index (κ3) is 3.61. The second kappa shape index (κ2) is 7.79. The number of esters is 1. The number of fused-ring (bicyclic) bond motifs is 1. The molecule has 1 aliphatic carbocycles. The second-order valence-corrected chi connectivity index (χ2v) is 8.07. The van der Waals surface area contributed by atoms with Crippen LogP contribution in [0.1, 0.15) is 36.3 Å². The number of carbonyl (C=O) groups is 2. The maximum absolute atomic E-state index is 12.8. The smallest absolute Gasteiger partial charge is 0.314 e. The topological polar surface area (TPSA) is 55.4 Å². The normalized spacial score (nSPS) is 19.9. The Morgan fingerprint density at radius 3 is 2.50 bits per heavy atom. The molecule has 1 heterocycles. The fraction of sp³-hybridized carbons (Fsp3) is 0.231. The molecule has 0 bridgehead atoms. The summed E-state index contributed by atoms with van der Waals surface area (Å²) < 4.78 is 5.76. The highest BCUT2D eigenvalue weighted by molar-refractivity contribution is 5.94. The van der Waals surface area contributed by atoms with Crippen LogP contribution in [0.2, 0.25) is 0 Å². The SMILES string of the molecule is O=C1CCc2cc(-c3cccc(OC(=O)C4CCC4c4ccccc4)c3)ccc2N1. The number of amides is 1. The van der Waals surface area contributed by atoms with Gasteiger partial charge in [0.2, 0.25) is 5.91 Å². The van der Waals surface area contributed by atoms with Crippen LogP contribution in [0.3, 0.4) is 0 Å². The number of aryl methyl sites for hydroxylation is 1. The van der Waals surface area contributed by atoms with Crippen LogP contribution in [0.5, 0.6) is 5.75 Å². The van der Waals surface area contributed by atoms with Crippen molar-refractivity contribution in [3.8, 4) is 16.9 Å². The van der Waals surface area contributed by atoms with Crippen LogP contribution in [-0.2, 0) is 16.0 Å². The van der Waals surface area contributed by atoms with Gasteiger partial charge in [0, 0.05) is 12.1 Å². The average Bonchev–Trinajstić information content (AvgIpc) is 2.73. The molecule has 2 atom stereocenters. The standard InChI is InChI=1S/C26H23NO3/c28-25-14-10-20-15-19(9-13-24(20)27-25)18-7-4-8-21(16-18)30-26(29)23-12-11-22(23)17-5-2-1-3-6-17/h1-9,13,15-16,22-23H,10-12,14H2,(H,27,28). The molecule has 1 amide bonds. The lowest BCUT2D eigenvalue weighted by Crippen LogP contribution is -2.34. The summed E-state index contributed by atoms with van der Waals surface area (Å²) in [5.41, 5.74) is 5.27. The number of benzene rings is 3. The molecule has 4 nitrogen and oxygen atoms in total. The van der Waals surface area contributed by atoms with Gasteiger partial charge in [-0.1, -0.05) is 48.5 Å². The third-order valence-electron chi connectivity index (χ3n) is 6.19. The lowest BCUT2D eigenvalue weighted by Gasteiger charge is -2.35. The molecule has 2 unspecified atom stereocenters. The summed E-state index contributed by atoms with van der Waals surface area (Å²) in [7, 11) is 0. The van der Waals surface area contributed by atoms with E-state index in [1.807, 2.05) is 54.6 Å². The molecule has 0 radical (unpaired) electrons. The van der Waals surface area contributed by atoms with Gasteiger partial charge in [-0.25, -0.2) is 0 Å². The first kappa shape index (κ1) is 18.6. The van der Waals surface area contributed by atoms with E-state index in [0.29, 0.717) is 12.2 Å². The molecule has 1 aliphatic heterocycles. The van der Waals surface area contributed by atoms with Crippen molar-refractivity contribution in [3.63, 3.8) is 0 Å². The van der Waals surface area contributed by atoms with E-state index in [1.165, 1.54) is 5.56 Å². The van der Waals surface area contributed by atoms with E-state index in [9.17, 15) is 9.59 Å². The quantitative estimate of drug-likeness (QED) is 0.478. The lowest BCUT2D eigenvalue weighted by atomic mass is 9.70. The van der Waals surface area contributed by atoms with Crippen molar-refractivity contribution in [2.45, 2.75) is 31.6 Å². The van der Waals surface area contributed by atoms with Crippen LogP contribution >= 0.6 is 0 Å². The van der Waals surface area contributed by atoms with E-state index in [4.69, 9.17) is 4.74 Å². The summed E-state index contributed by atoms with van der Waals surface area (Å²) in [5, 5.41) is 2.91. The Hall–Kier alpha value is -3.40. The maximum Gasteiger partial charge on any atom is 0.314 e. The molecule has 4 heteroatoms. The number of hydrogen-bond donors (Lipinski definition) is 1. The summed E-state index contributed by atoms with van der Waals surface area (Å²) in [4.78, 5) is 24.4. The van der Waals surface area contributed by atoms with Crippen LogP contribution in [0, 0.1) is 5.92 Å². The molecule has 3 aromatic rings. The minimum Gasteiger partial charge on any atom is -0.426 e. The zero-order valence-corrected chi connectivity index (χ0v) is 16.6. The number of anilines is 1. The van der Waals surface area contributed by atoms with Crippen molar-refractivity contribution in [2.75, 3.05) is 5.32 Å². The molecule has 1 fully saturated rings. The van der Waals surface area contributed by atoms with Gasteiger partial charge >= 0.3 is 5.97 Å². The maximum atomic E-state index is 12.8. The first-order valence-electron chi connectivity index (χ1n) is 10.5. The summed E-state index contributed by atoms with van der Waals surface area (Å²) in [6.07, 6.45) is 3.15. The largest absolute Gasteiger partial charge is 0.426 e. The lowest BCUT2D eigenvalue weighted by molar-refractivity contribution is -0.142. The van der Waals surface area contributed by atoms with Gasteiger partial charge in [-0.15, -0.1) is 0 Å². The van der Waals surface area contributed by atoms with Gasteiger partial charge in [0.25, 0.3) is 0 Å². The molecule has 0 saturated heterocycles. The average molecular weight is 397 g/mol. The van der Waals surface area contributed by atoms with Crippen molar-refractivity contribution in [1.82, 2.24) is 0 Å².